The Bertz CT molecular complexity index is 625. The van der Waals surface area contributed by atoms with E-state index in [0.717, 1.165) is 0 Å². The Morgan fingerprint density at radius 1 is 1.04 bits per heavy atom. The summed E-state index contributed by atoms with van der Waals surface area (Å²) < 4.78 is 60.8. The van der Waals surface area contributed by atoms with Gasteiger partial charge in [0.1, 0.15) is 4.49 Å². The predicted octanol–water partition coefficient (Wildman–Crippen LogP) is 5.52. The molecular weight excluding hydrogens is 355 g/mol. The highest BCUT2D eigenvalue weighted by Crippen LogP contribution is 2.61. The lowest BCUT2D eigenvalue weighted by atomic mass is 9.99. The molecule has 2 rings (SSSR count). The standard InChI is InChI=1S/C16H16Cl2F4O/c1-16(2)9(10(16)5-11(17)18)4-7-12(19)14(21)8(6-23-3)15(22)13(7)20/h5,9-10H,4,6H2,1-3H3. The van der Waals surface area contributed by atoms with Gasteiger partial charge in [-0.2, -0.15) is 0 Å². The van der Waals surface area contributed by atoms with E-state index in [1.165, 1.54) is 7.11 Å². The van der Waals surface area contributed by atoms with E-state index in [2.05, 4.69) is 4.74 Å². The molecule has 0 spiro atoms. The van der Waals surface area contributed by atoms with Crippen molar-refractivity contribution in [2.75, 3.05) is 7.11 Å². The molecule has 1 nitrogen and oxygen atoms in total. The van der Waals surface area contributed by atoms with Crippen LogP contribution in [-0.4, -0.2) is 7.11 Å². The van der Waals surface area contributed by atoms with Crippen molar-refractivity contribution >= 4 is 23.2 Å². The first-order valence-corrected chi connectivity index (χ1v) is 7.73. The number of hydrogen-bond acceptors (Lipinski definition) is 1. The Labute approximate surface area is 142 Å². The van der Waals surface area contributed by atoms with Gasteiger partial charge in [0.2, 0.25) is 0 Å². The predicted molar refractivity (Wildman–Crippen MR) is 81.2 cm³/mol. The van der Waals surface area contributed by atoms with Gasteiger partial charge in [-0.15, -0.1) is 0 Å². The molecule has 23 heavy (non-hydrogen) atoms. The molecule has 1 fully saturated rings. The molecule has 1 aromatic rings. The minimum atomic E-state index is -1.42. The minimum Gasteiger partial charge on any atom is -0.380 e. The summed E-state index contributed by atoms with van der Waals surface area (Å²) in [7, 11) is 1.18. The van der Waals surface area contributed by atoms with Crippen LogP contribution >= 0.6 is 23.2 Å². The van der Waals surface area contributed by atoms with Crippen LogP contribution in [0.3, 0.4) is 0 Å². The van der Waals surface area contributed by atoms with Crippen LogP contribution < -0.4 is 0 Å². The number of benzene rings is 1. The van der Waals surface area contributed by atoms with E-state index in [4.69, 9.17) is 23.2 Å². The molecule has 2 atom stereocenters. The quantitative estimate of drug-likeness (QED) is 0.489. The summed E-state index contributed by atoms with van der Waals surface area (Å²) >= 11 is 11.2. The molecule has 128 valence electrons. The van der Waals surface area contributed by atoms with Crippen LogP contribution in [-0.2, 0) is 17.8 Å². The van der Waals surface area contributed by atoms with Crippen LogP contribution in [0.1, 0.15) is 25.0 Å². The third kappa shape index (κ3) is 3.37. The Hall–Kier alpha value is -0.780. The fraction of sp³-hybridized carbons (Fsp3) is 0.500. The summed E-state index contributed by atoms with van der Waals surface area (Å²) in [5, 5.41) is 0. The minimum absolute atomic E-state index is 0.0549. The molecule has 0 heterocycles. The van der Waals surface area contributed by atoms with Gasteiger partial charge in [-0.05, 0) is 23.7 Å². The highest BCUT2D eigenvalue weighted by molar-refractivity contribution is 6.55. The van der Waals surface area contributed by atoms with Crippen molar-refractivity contribution in [3.63, 3.8) is 0 Å². The van der Waals surface area contributed by atoms with E-state index in [9.17, 15) is 17.6 Å². The topological polar surface area (TPSA) is 9.23 Å². The number of hydrogen-bond donors (Lipinski definition) is 0. The maximum absolute atomic E-state index is 14.2. The second kappa shape index (κ2) is 6.61. The van der Waals surface area contributed by atoms with Crippen molar-refractivity contribution in [2.24, 2.45) is 17.3 Å². The van der Waals surface area contributed by atoms with Crippen molar-refractivity contribution in [1.29, 1.82) is 0 Å². The third-order valence-corrected chi connectivity index (χ3v) is 4.85. The first kappa shape index (κ1) is 18.6. The summed E-state index contributed by atoms with van der Waals surface area (Å²) in [6.45, 7) is 3.20. The molecule has 0 amide bonds. The smallest absolute Gasteiger partial charge is 0.167 e. The zero-order valence-corrected chi connectivity index (χ0v) is 14.3. The zero-order chi connectivity index (χ0) is 17.5. The zero-order valence-electron chi connectivity index (χ0n) is 12.8. The molecule has 0 radical (unpaired) electrons. The largest absolute Gasteiger partial charge is 0.380 e. The van der Waals surface area contributed by atoms with Gasteiger partial charge in [-0.25, -0.2) is 17.6 Å². The van der Waals surface area contributed by atoms with Crippen LogP contribution in [0, 0.1) is 40.5 Å². The first-order chi connectivity index (χ1) is 10.6. The van der Waals surface area contributed by atoms with Crippen LogP contribution in [0.5, 0.6) is 0 Å². The molecule has 1 saturated carbocycles. The number of halogens is 6. The number of rotatable bonds is 5. The van der Waals surface area contributed by atoms with Gasteiger partial charge in [0, 0.05) is 12.7 Å². The third-order valence-electron chi connectivity index (χ3n) is 4.60. The van der Waals surface area contributed by atoms with Gasteiger partial charge in [0.25, 0.3) is 0 Å². The Morgan fingerprint density at radius 3 is 1.96 bits per heavy atom. The summed E-state index contributed by atoms with van der Waals surface area (Å²) in [4.78, 5) is 0. The molecule has 0 aromatic heterocycles. The lowest BCUT2D eigenvalue weighted by molar-refractivity contribution is 0.175. The summed E-state index contributed by atoms with van der Waals surface area (Å²) in [6.07, 6.45) is 1.43. The number of allylic oxidation sites excluding steroid dienone is 1. The van der Waals surface area contributed by atoms with Gasteiger partial charge in [-0.1, -0.05) is 43.1 Å². The van der Waals surface area contributed by atoms with E-state index < -0.39 is 41.0 Å². The Kier molecular flexibility index (Phi) is 5.34. The molecular formula is C16H16Cl2F4O. The average Bonchev–Trinajstić information content (AvgIpc) is 2.97. The van der Waals surface area contributed by atoms with E-state index in [1.807, 2.05) is 13.8 Å². The summed E-state index contributed by atoms with van der Waals surface area (Å²) in [6, 6.07) is 0. The highest BCUT2D eigenvalue weighted by Gasteiger charge is 2.56. The second-order valence-corrected chi connectivity index (χ2v) is 7.27. The Balaban J connectivity index is 2.37. The van der Waals surface area contributed by atoms with Crippen LogP contribution in [0.4, 0.5) is 17.6 Å². The van der Waals surface area contributed by atoms with Gasteiger partial charge >= 0.3 is 0 Å². The van der Waals surface area contributed by atoms with Crippen LogP contribution in [0.15, 0.2) is 10.6 Å². The molecule has 0 N–H and O–H groups in total. The molecule has 1 aromatic carbocycles. The SMILES string of the molecule is COCc1c(F)c(F)c(CC2C(C=C(Cl)Cl)C2(C)C)c(F)c1F. The van der Waals surface area contributed by atoms with E-state index in [1.54, 1.807) is 6.08 Å². The summed E-state index contributed by atoms with van der Waals surface area (Å²) in [5.74, 6) is -5.91. The van der Waals surface area contributed by atoms with Crippen molar-refractivity contribution in [1.82, 2.24) is 0 Å². The molecule has 7 heteroatoms. The first-order valence-electron chi connectivity index (χ1n) is 6.98. The van der Waals surface area contributed by atoms with E-state index >= 15 is 0 Å². The lowest BCUT2D eigenvalue weighted by Gasteiger charge is -2.12. The van der Waals surface area contributed by atoms with E-state index in [0.29, 0.717) is 0 Å². The number of methoxy groups -OCH3 is 1. The maximum Gasteiger partial charge on any atom is 0.167 e. The van der Waals surface area contributed by atoms with Crippen molar-refractivity contribution in [3.8, 4) is 0 Å². The van der Waals surface area contributed by atoms with Crippen molar-refractivity contribution in [3.05, 3.63) is 45.0 Å². The average molecular weight is 371 g/mol. The van der Waals surface area contributed by atoms with Gasteiger partial charge in [-0.3, -0.25) is 0 Å². The lowest BCUT2D eigenvalue weighted by Crippen LogP contribution is -2.11. The Morgan fingerprint density at radius 2 is 1.52 bits per heavy atom. The molecule has 1 aliphatic carbocycles. The number of ether oxygens (including phenoxy) is 1. The normalized spacial score (nSPS) is 22.1. The molecule has 1 aliphatic rings. The van der Waals surface area contributed by atoms with Gasteiger partial charge in [0.05, 0.1) is 12.2 Å². The van der Waals surface area contributed by atoms with E-state index in [-0.39, 0.29) is 28.2 Å². The van der Waals surface area contributed by atoms with Crippen LogP contribution in [0.25, 0.3) is 0 Å². The molecule has 2 unspecified atom stereocenters. The molecule has 0 bridgehead atoms. The maximum atomic E-state index is 14.2. The van der Waals surface area contributed by atoms with Crippen molar-refractivity contribution < 1.29 is 22.3 Å². The fourth-order valence-corrected chi connectivity index (χ4v) is 3.31. The highest BCUT2D eigenvalue weighted by atomic mass is 35.5. The molecule has 0 saturated heterocycles. The van der Waals surface area contributed by atoms with Gasteiger partial charge in [0.15, 0.2) is 23.3 Å². The summed E-state index contributed by atoms with van der Waals surface area (Å²) in [5.41, 5.74) is -1.66. The van der Waals surface area contributed by atoms with Crippen molar-refractivity contribution in [2.45, 2.75) is 26.9 Å². The van der Waals surface area contributed by atoms with Crippen LogP contribution in [0.2, 0.25) is 0 Å². The fourth-order valence-electron chi connectivity index (χ4n) is 3.04. The monoisotopic (exact) mass is 370 g/mol. The van der Waals surface area contributed by atoms with Gasteiger partial charge < -0.3 is 4.74 Å². The second-order valence-electron chi connectivity index (χ2n) is 6.26. The molecule has 0 aliphatic heterocycles.